The van der Waals surface area contributed by atoms with Gasteiger partial charge in [0.15, 0.2) is 5.11 Å². The number of rotatable bonds is 2. The number of aromatic nitrogens is 1. The molecule has 2 aliphatic rings. The third kappa shape index (κ3) is 3.21. The molecule has 1 fully saturated rings. The molecule has 3 unspecified atom stereocenters. The van der Waals surface area contributed by atoms with Gasteiger partial charge in [0.2, 0.25) is 0 Å². The fourth-order valence-electron chi connectivity index (χ4n) is 4.16. The van der Waals surface area contributed by atoms with E-state index in [4.69, 9.17) is 12.2 Å². The van der Waals surface area contributed by atoms with E-state index in [1.807, 2.05) is 16.7 Å². The van der Waals surface area contributed by atoms with Crippen LogP contribution in [0.1, 0.15) is 36.6 Å². The predicted octanol–water partition coefficient (Wildman–Crippen LogP) is 2.90. The molecule has 0 amide bonds. The second-order valence-corrected chi connectivity index (χ2v) is 7.57. The summed E-state index contributed by atoms with van der Waals surface area (Å²) in [5.41, 5.74) is 2.52. The fourth-order valence-corrected chi connectivity index (χ4v) is 4.49. The number of hydrogen-bond acceptors (Lipinski definition) is 2. The summed E-state index contributed by atoms with van der Waals surface area (Å²) in [6.45, 7) is 4.75. The highest BCUT2D eigenvalue weighted by Crippen LogP contribution is 2.35. The van der Waals surface area contributed by atoms with E-state index in [0.29, 0.717) is 11.8 Å². The first-order valence-electron chi connectivity index (χ1n) is 8.92. The molecule has 2 bridgehead atoms. The van der Waals surface area contributed by atoms with E-state index in [0.717, 1.165) is 36.9 Å². The van der Waals surface area contributed by atoms with E-state index in [1.165, 1.54) is 5.56 Å². The molecule has 5 heteroatoms. The van der Waals surface area contributed by atoms with Crippen LogP contribution >= 0.6 is 12.2 Å². The van der Waals surface area contributed by atoms with Crippen molar-refractivity contribution in [2.24, 2.45) is 5.92 Å². The molecule has 2 aromatic rings. The summed E-state index contributed by atoms with van der Waals surface area (Å²) in [5, 5.41) is 4.30. The zero-order valence-corrected chi connectivity index (χ0v) is 15.2. The Labute approximate surface area is 153 Å². The van der Waals surface area contributed by atoms with E-state index < -0.39 is 0 Å². The van der Waals surface area contributed by atoms with Crippen LogP contribution in [-0.4, -0.2) is 27.7 Å². The van der Waals surface area contributed by atoms with Crippen LogP contribution in [0, 0.1) is 5.92 Å². The Bertz CT molecular complexity index is 832. The summed E-state index contributed by atoms with van der Waals surface area (Å²) in [7, 11) is 0. The maximum absolute atomic E-state index is 12.1. The van der Waals surface area contributed by atoms with Gasteiger partial charge in [-0.3, -0.25) is 4.79 Å². The van der Waals surface area contributed by atoms with Crippen LogP contribution in [0.2, 0.25) is 0 Å². The van der Waals surface area contributed by atoms with Gasteiger partial charge in [0.25, 0.3) is 5.56 Å². The molecule has 1 aromatic heterocycles. The third-order valence-corrected chi connectivity index (χ3v) is 5.78. The molecule has 0 spiro atoms. The first-order valence-corrected chi connectivity index (χ1v) is 9.33. The number of nitrogens with zero attached hydrogens (tertiary/aromatic N) is 2. The van der Waals surface area contributed by atoms with Gasteiger partial charge in [0.1, 0.15) is 0 Å². The number of likely N-dealkylation sites (tertiary alicyclic amines) is 1. The molecule has 1 saturated heterocycles. The number of piperidine rings is 1. The summed E-state index contributed by atoms with van der Waals surface area (Å²) in [6, 6.07) is 16.2. The van der Waals surface area contributed by atoms with Gasteiger partial charge in [-0.15, -0.1) is 0 Å². The van der Waals surface area contributed by atoms with E-state index in [-0.39, 0.29) is 11.6 Å². The number of hydrogen-bond donors (Lipinski definition) is 1. The lowest BCUT2D eigenvalue weighted by atomic mass is 9.83. The first kappa shape index (κ1) is 16.3. The third-order valence-electron chi connectivity index (χ3n) is 5.41. The van der Waals surface area contributed by atoms with Crippen molar-refractivity contribution in [2.75, 3.05) is 13.1 Å². The molecule has 3 atom stereocenters. The van der Waals surface area contributed by atoms with Crippen molar-refractivity contribution in [3.8, 4) is 0 Å². The summed E-state index contributed by atoms with van der Waals surface area (Å²) in [4.78, 5) is 14.4. The van der Waals surface area contributed by atoms with Crippen molar-refractivity contribution in [2.45, 2.75) is 31.8 Å². The monoisotopic (exact) mass is 353 g/mol. The number of benzene rings is 1. The number of fused-ring (bicyclic) bond motifs is 4. The largest absolute Gasteiger partial charge is 0.356 e. The molecule has 0 aliphatic carbocycles. The Balaban J connectivity index is 1.48. The number of pyridine rings is 1. The van der Waals surface area contributed by atoms with Crippen LogP contribution in [0.25, 0.3) is 0 Å². The van der Waals surface area contributed by atoms with Crippen molar-refractivity contribution < 1.29 is 0 Å². The molecular formula is C20H23N3OS. The molecule has 25 heavy (non-hydrogen) atoms. The van der Waals surface area contributed by atoms with Gasteiger partial charge in [0.05, 0.1) is 6.04 Å². The lowest BCUT2D eigenvalue weighted by Gasteiger charge is -2.44. The highest BCUT2D eigenvalue weighted by molar-refractivity contribution is 7.80. The van der Waals surface area contributed by atoms with Gasteiger partial charge in [-0.2, -0.15) is 0 Å². The summed E-state index contributed by atoms with van der Waals surface area (Å²) < 4.78 is 1.96. The van der Waals surface area contributed by atoms with Crippen LogP contribution in [0.15, 0.2) is 53.3 Å². The number of thiocarbonyl (C=S) groups is 1. The van der Waals surface area contributed by atoms with Crippen molar-refractivity contribution in [1.82, 2.24) is 14.8 Å². The molecule has 4 nitrogen and oxygen atoms in total. The van der Waals surface area contributed by atoms with Gasteiger partial charge in [-0.25, -0.2) is 0 Å². The first-order chi connectivity index (χ1) is 12.1. The average molecular weight is 353 g/mol. The van der Waals surface area contributed by atoms with Crippen LogP contribution in [0.3, 0.4) is 0 Å². The molecule has 2 aliphatic heterocycles. The molecular weight excluding hydrogens is 330 g/mol. The molecule has 130 valence electrons. The van der Waals surface area contributed by atoms with Crippen molar-refractivity contribution in [3.05, 3.63) is 70.1 Å². The average Bonchev–Trinajstić information content (AvgIpc) is 2.63. The lowest BCUT2D eigenvalue weighted by molar-refractivity contribution is 0.176. The van der Waals surface area contributed by atoms with Crippen molar-refractivity contribution >= 4 is 17.3 Å². The van der Waals surface area contributed by atoms with E-state index in [9.17, 15) is 4.79 Å². The fraction of sp³-hybridized carbons (Fsp3) is 0.400. The van der Waals surface area contributed by atoms with Crippen LogP contribution in [0.4, 0.5) is 0 Å². The Kier molecular flexibility index (Phi) is 4.34. The molecule has 4 rings (SSSR count). The highest BCUT2D eigenvalue weighted by atomic mass is 32.1. The molecule has 1 N–H and O–H groups in total. The molecule has 1 aromatic carbocycles. The summed E-state index contributed by atoms with van der Waals surface area (Å²) in [6.07, 6.45) is 1.15. The van der Waals surface area contributed by atoms with E-state index in [1.54, 1.807) is 6.07 Å². The Hall–Kier alpha value is -2.14. The second kappa shape index (κ2) is 6.64. The standard InChI is InChI=1S/C20H23N3OS/c1-14(16-6-3-2-4-7-16)21-20(25)22-11-15-10-17(13-22)18-8-5-9-19(24)23(18)12-15/h2-9,14-15,17H,10-13H2,1H3,(H,21,25). The molecule has 3 heterocycles. The minimum absolute atomic E-state index is 0.124. The lowest BCUT2D eigenvalue weighted by Crippen LogP contribution is -2.52. The van der Waals surface area contributed by atoms with E-state index >= 15 is 0 Å². The van der Waals surface area contributed by atoms with E-state index in [2.05, 4.69) is 47.5 Å². The van der Waals surface area contributed by atoms with Gasteiger partial charge < -0.3 is 14.8 Å². The SMILES string of the molecule is CC(NC(=S)N1CC2CC(C1)c1cccc(=O)n1C2)c1ccccc1. The topological polar surface area (TPSA) is 37.3 Å². The molecule has 0 saturated carbocycles. The Morgan fingerprint density at radius 1 is 1.12 bits per heavy atom. The van der Waals surface area contributed by atoms with Crippen LogP contribution in [-0.2, 0) is 6.54 Å². The quantitative estimate of drug-likeness (QED) is 0.843. The smallest absolute Gasteiger partial charge is 0.250 e. The number of nitrogens with one attached hydrogen (secondary N) is 1. The van der Waals surface area contributed by atoms with Gasteiger partial charge in [0, 0.05) is 37.3 Å². The maximum Gasteiger partial charge on any atom is 0.250 e. The highest BCUT2D eigenvalue weighted by Gasteiger charge is 2.35. The zero-order valence-electron chi connectivity index (χ0n) is 14.4. The van der Waals surface area contributed by atoms with Crippen LogP contribution < -0.4 is 10.9 Å². The molecule has 0 radical (unpaired) electrons. The summed E-state index contributed by atoms with van der Waals surface area (Å²) in [5.74, 6) is 0.867. The minimum Gasteiger partial charge on any atom is -0.356 e. The van der Waals surface area contributed by atoms with Gasteiger partial charge in [-0.1, -0.05) is 36.4 Å². The second-order valence-electron chi connectivity index (χ2n) is 7.18. The summed E-state index contributed by atoms with van der Waals surface area (Å²) >= 11 is 5.70. The zero-order chi connectivity index (χ0) is 17.4. The maximum atomic E-state index is 12.1. The van der Waals surface area contributed by atoms with Crippen LogP contribution in [0.5, 0.6) is 0 Å². The predicted molar refractivity (Wildman–Crippen MR) is 104 cm³/mol. The minimum atomic E-state index is 0.124. The van der Waals surface area contributed by atoms with Crippen molar-refractivity contribution in [1.29, 1.82) is 0 Å². The Morgan fingerprint density at radius 3 is 2.72 bits per heavy atom. The van der Waals surface area contributed by atoms with Gasteiger partial charge in [-0.05, 0) is 43.1 Å². The normalized spacial score (nSPS) is 22.8. The Morgan fingerprint density at radius 2 is 1.92 bits per heavy atom. The van der Waals surface area contributed by atoms with Crippen molar-refractivity contribution in [3.63, 3.8) is 0 Å². The van der Waals surface area contributed by atoms with Gasteiger partial charge >= 0.3 is 0 Å².